The van der Waals surface area contributed by atoms with E-state index in [4.69, 9.17) is 0 Å². The summed E-state index contributed by atoms with van der Waals surface area (Å²) in [5, 5.41) is 2.88. The number of para-hydroxylation sites is 2. The molecule has 0 saturated heterocycles. The molecule has 128 valence electrons. The number of rotatable bonds is 6. The monoisotopic (exact) mass is 337 g/mol. The Kier molecular flexibility index (Phi) is 5.09. The van der Waals surface area contributed by atoms with Gasteiger partial charge in [0.2, 0.25) is 5.91 Å². The second-order valence-electron chi connectivity index (χ2n) is 5.64. The highest BCUT2D eigenvalue weighted by molar-refractivity contribution is 5.89. The van der Waals surface area contributed by atoms with Gasteiger partial charge in [0.05, 0.1) is 30.0 Å². The summed E-state index contributed by atoms with van der Waals surface area (Å²) < 4.78 is 6.63. The van der Waals surface area contributed by atoms with Crippen LogP contribution in [-0.4, -0.2) is 28.5 Å². The first-order valence-electron chi connectivity index (χ1n) is 8.01. The number of nitrogens with zero attached hydrogens (tertiary/aromatic N) is 2. The Morgan fingerprint density at radius 3 is 2.64 bits per heavy atom. The van der Waals surface area contributed by atoms with Crippen LogP contribution in [0.1, 0.15) is 22.3 Å². The summed E-state index contributed by atoms with van der Waals surface area (Å²) in [5.41, 5.74) is 3.36. The zero-order chi connectivity index (χ0) is 17.6. The standard InChI is InChI=1S/C19H19N3O3/c1-25-19(24)15-8-6-14(7-9-15)12-20-18(23)10-11-22-13-21-16-4-2-3-5-17(16)22/h2-9,13H,10-12H2,1H3,(H,20,23). The predicted molar refractivity (Wildman–Crippen MR) is 94.0 cm³/mol. The van der Waals surface area contributed by atoms with Crippen molar-refractivity contribution in [2.75, 3.05) is 7.11 Å². The van der Waals surface area contributed by atoms with Crippen molar-refractivity contribution in [3.63, 3.8) is 0 Å². The van der Waals surface area contributed by atoms with Crippen molar-refractivity contribution in [1.82, 2.24) is 14.9 Å². The quantitative estimate of drug-likeness (QED) is 0.702. The molecule has 25 heavy (non-hydrogen) atoms. The van der Waals surface area contributed by atoms with E-state index in [9.17, 15) is 9.59 Å². The number of amides is 1. The van der Waals surface area contributed by atoms with Crippen LogP contribution >= 0.6 is 0 Å². The van der Waals surface area contributed by atoms with Gasteiger partial charge in [-0.3, -0.25) is 4.79 Å². The van der Waals surface area contributed by atoms with Gasteiger partial charge in [0, 0.05) is 19.5 Å². The first-order chi connectivity index (χ1) is 12.2. The van der Waals surface area contributed by atoms with Crippen molar-refractivity contribution >= 4 is 22.9 Å². The molecule has 3 aromatic rings. The largest absolute Gasteiger partial charge is 0.465 e. The van der Waals surface area contributed by atoms with Crippen LogP contribution in [0.3, 0.4) is 0 Å². The fourth-order valence-corrected chi connectivity index (χ4v) is 2.58. The molecule has 0 unspecified atom stereocenters. The van der Waals surface area contributed by atoms with Gasteiger partial charge in [-0.15, -0.1) is 0 Å². The van der Waals surface area contributed by atoms with E-state index >= 15 is 0 Å². The molecule has 0 saturated carbocycles. The summed E-state index contributed by atoms with van der Waals surface area (Å²) in [6.45, 7) is 0.999. The van der Waals surface area contributed by atoms with E-state index in [1.165, 1.54) is 7.11 Å². The molecular weight excluding hydrogens is 318 g/mol. The van der Waals surface area contributed by atoms with Crippen LogP contribution in [-0.2, 0) is 22.6 Å². The van der Waals surface area contributed by atoms with Gasteiger partial charge in [0.25, 0.3) is 0 Å². The van der Waals surface area contributed by atoms with E-state index in [0.717, 1.165) is 16.6 Å². The zero-order valence-electron chi connectivity index (χ0n) is 13.9. The second kappa shape index (κ2) is 7.61. The fourth-order valence-electron chi connectivity index (χ4n) is 2.58. The van der Waals surface area contributed by atoms with Gasteiger partial charge in [0.1, 0.15) is 0 Å². The van der Waals surface area contributed by atoms with E-state index in [-0.39, 0.29) is 11.9 Å². The molecule has 0 aliphatic heterocycles. The maximum atomic E-state index is 12.1. The number of hydrogen-bond donors (Lipinski definition) is 1. The Balaban J connectivity index is 1.50. The molecule has 1 amide bonds. The average Bonchev–Trinajstić information content (AvgIpc) is 3.07. The fraction of sp³-hybridized carbons (Fsp3) is 0.211. The number of ether oxygens (including phenoxy) is 1. The number of hydrogen-bond acceptors (Lipinski definition) is 4. The highest BCUT2D eigenvalue weighted by atomic mass is 16.5. The highest BCUT2D eigenvalue weighted by Gasteiger charge is 2.07. The predicted octanol–water partition coefficient (Wildman–Crippen LogP) is 2.53. The summed E-state index contributed by atoms with van der Waals surface area (Å²) in [6.07, 6.45) is 2.13. The third-order valence-electron chi connectivity index (χ3n) is 3.97. The average molecular weight is 337 g/mol. The number of fused-ring (bicyclic) bond motifs is 1. The molecule has 0 aliphatic carbocycles. The van der Waals surface area contributed by atoms with Gasteiger partial charge >= 0.3 is 5.97 Å². The first-order valence-corrected chi connectivity index (χ1v) is 8.01. The summed E-state index contributed by atoms with van der Waals surface area (Å²) in [6, 6.07) is 14.8. The van der Waals surface area contributed by atoms with Crippen molar-refractivity contribution in [2.45, 2.75) is 19.5 Å². The number of imidazole rings is 1. The molecule has 0 fully saturated rings. The molecule has 1 N–H and O–H groups in total. The lowest BCUT2D eigenvalue weighted by atomic mass is 10.1. The van der Waals surface area contributed by atoms with Crippen molar-refractivity contribution in [2.24, 2.45) is 0 Å². The Labute approximate surface area is 145 Å². The Bertz CT molecular complexity index is 884. The Morgan fingerprint density at radius 2 is 1.88 bits per heavy atom. The van der Waals surface area contributed by atoms with Crippen molar-refractivity contribution in [1.29, 1.82) is 0 Å². The summed E-state index contributed by atoms with van der Waals surface area (Å²) >= 11 is 0. The van der Waals surface area contributed by atoms with Gasteiger partial charge in [0.15, 0.2) is 0 Å². The lowest BCUT2D eigenvalue weighted by Gasteiger charge is -2.07. The van der Waals surface area contributed by atoms with E-state index in [0.29, 0.717) is 25.1 Å². The number of benzene rings is 2. The van der Waals surface area contributed by atoms with Gasteiger partial charge in [-0.05, 0) is 29.8 Å². The smallest absolute Gasteiger partial charge is 0.337 e. The molecular formula is C19H19N3O3. The third-order valence-corrected chi connectivity index (χ3v) is 3.97. The highest BCUT2D eigenvalue weighted by Crippen LogP contribution is 2.12. The molecule has 0 aliphatic rings. The lowest BCUT2D eigenvalue weighted by Crippen LogP contribution is -2.23. The molecule has 1 aromatic heterocycles. The minimum Gasteiger partial charge on any atom is -0.465 e. The van der Waals surface area contributed by atoms with Gasteiger partial charge < -0.3 is 14.6 Å². The number of aryl methyl sites for hydroxylation is 1. The molecule has 2 aromatic carbocycles. The minimum atomic E-state index is -0.372. The lowest BCUT2D eigenvalue weighted by molar-refractivity contribution is -0.121. The molecule has 0 radical (unpaired) electrons. The SMILES string of the molecule is COC(=O)c1ccc(CNC(=O)CCn2cnc3ccccc32)cc1. The molecule has 0 bridgehead atoms. The van der Waals surface area contributed by atoms with Crippen molar-refractivity contribution < 1.29 is 14.3 Å². The molecule has 3 rings (SSSR count). The number of nitrogens with one attached hydrogen (secondary N) is 1. The van der Waals surface area contributed by atoms with Crippen LogP contribution in [0.2, 0.25) is 0 Å². The molecule has 6 nitrogen and oxygen atoms in total. The minimum absolute atomic E-state index is 0.0326. The Hall–Kier alpha value is -3.15. The number of carbonyl (C=O) groups is 2. The number of aromatic nitrogens is 2. The summed E-state index contributed by atoms with van der Waals surface area (Å²) in [4.78, 5) is 27.7. The molecule has 0 atom stereocenters. The number of esters is 1. The maximum Gasteiger partial charge on any atom is 0.337 e. The topological polar surface area (TPSA) is 73.2 Å². The normalized spacial score (nSPS) is 10.6. The first kappa shape index (κ1) is 16.7. The van der Waals surface area contributed by atoms with E-state index in [1.807, 2.05) is 28.8 Å². The van der Waals surface area contributed by atoms with E-state index < -0.39 is 0 Å². The Morgan fingerprint density at radius 1 is 1.12 bits per heavy atom. The van der Waals surface area contributed by atoms with Crippen molar-refractivity contribution in [3.05, 3.63) is 66.0 Å². The maximum absolute atomic E-state index is 12.1. The molecule has 6 heteroatoms. The molecule has 1 heterocycles. The van der Waals surface area contributed by atoms with Gasteiger partial charge in [-0.1, -0.05) is 24.3 Å². The summed E-state index contributed by atoms with van der Waals surface area (Å²) in [5.74, 6) is -0.405. The van der Waals surface area contributed by atoms with Crippen LogP contribution in [0.25, 0.3) is 11.0 Å². The molecule has 0 spiro atoms. The van der Waals surface area contributed by atoms with Crippen molar-refractivity contribution in [3.8, 4) is 0 Å². The van der Waals surface area contributed by atoms with Crippen LogP contribution < -0.4 is 5.32 Å². The van der Waals surface area contributed by atoms with Gasteiger partial charge in [-0.25, -0.2) is 9.78 Å². The van der Waals surface area contributed by atoms with Crippen LogP contribution in [0, 0.1) is 0 Å². The summed E-state index contributed by atoms with van der Waals surface area (Å²) in [7, 11) is 1.35. The number of methoxy groups -OCH3 is 1. The van der Waals surface area contributed by atoms with Crippen LogP contribution in [0.4, 0.5) is 0 Å². The van der Waals surface area contributed by atoms with Gasteiger partial charge in [-0.2, -0.15) is 0 Å². The van der Waals surface area contributed by atoms with E-state index in [2.05, 4.69) is 15.0 Å². The van der Waals surface area contributed by atoms with Crippen LogP contribution in [0.15, 0.2) is 54.9 Å². The zero-order valence-corrected chi connectivity index (χ0v) is 13.9. The number of carbonyl (C=O) groups excluding carboxylic acids is 2. The van der Waals surface area contributed by atoms with Crippen LogP contribution in [0.5, 0.6) is 0 Å². The second-order valence-corrected chi connectivity index (χ2v) is 5.64. The third kappa shape index (κ3) is 4.03. The van der Waals surface area contributed by atoms with E-state index in [1.54, 1.807) is 30.6 Å².